The molecule has 3 nitrogen and oxygen atoms in total. The fourth-order valence-electron chi connectivity index (χ4n) is 3.08. The average molecular weight is 495 g/mol. The molecule has 0 bridgehead atoms. The largest absolute Gasteiger partial charge is 0.416 e. The minimum Gasteiger partial charge on any atom is -0.351 e. The molecule has 3 rings (SSSR count). The number of amides is 1. The molecule has 1 N–H and O–H groups in total. The third kappa shape index (κ3) is 7.04. The van der Waals surface area contributed by atoms with Gasteiger partial charge in [0.15, 0.2) is 0 Å². The molecule has 0 saturated carbocycles. The molecule has 0 saturated heterocycles. The van der Waals surface area contributed by atoms with E-state index in [0.717, 1.165) is 17.0 Å². The number of nitrogens with zero attached hydrogens (tertiary/aromatic N) is 1. The summed E-state index contributed by atoms with van der Waals surface area (Å²) in [4.78, 5) is 13.3. The Balaban J connectivity index is 1.64. The number of hydrogen-bond acceptors (Lipinski definition) is 3. The van der Waals surface area contributed by atoms with E-state index >= 15 is 0 Å². The normalized spacial score (nSPS) is 11.8. The molecule has 0 radical (unpaired) electrons. The van der Waals surface area contributed by atoms with Gasteiger partial charge < -0.3 is 5.32 Å². The maximum absolute atomic E-state index is 14.3. The number of carbonyl (C=O) groups excluding carboxylic acids is 1. The van der Waals surface area contributed by atoms with Gasteiger partial charge in [0.25, 0.3) is 0 Å². The van der Waals surface area contributed by atoms with Gasteiger partial charge in [-0.05, 0) is 85.5 Å². The Kier molecular flexibility index (Phi) is 8.33. The quantitative estimate of drug-likeness (QED) is 0.280. The second-order valence-corrected chi connectivity index (χ2v) is 9.00. The third-order valence-electron chi connectivity index (χ3n) is 4.98. The van der Waals surface area contributed by atoms with Gasteiger partial charge in [0.1, 0.15) is 11.6 Å². The minimum absolute atomic E-state index is 0.000497. The number of benzene rings is 3. The van der Waals surface area contributed by atoms with Crippen LogP contribution >= 0.6 is 11.9 Å². The van der Waals surface area contributed by atoms with Gasteiger partial charge in [-0.15, -0.1) is 0 Å². The Labute approximate surface area is 199 Å². The van der Waals surface area contributed by atoms with E-state index in [0.29, 0.717) is 11.1 Å². The molecule has 34 heavy (non-hydrogen) atoms. The zero-order valence-corrected chi connectivity index (χ0v) is 19.3. The Morgan fingerprint density at radius 2 is 1.56 bits per heavy atom. The molecule has 0 aliphatic heterocycles. The predicted octanol–water partition coefficient (Wildman–Crippen LogP) is 6.68. The highest BCUT2D eigenvalue weighted by Crippen LogP contribution is 2.31. The van der Waals surface area contributed by atoms with Crippen molar-refractivity contribution in [3.05, 3.63) is 89.5 Å². The Hall–Kier alpha value is -2.91. The smallest absolute Gasteiger partial charge is 0.351 e. The van der Waals surface area contributed by atoms with Gasteiger partial charge in [-0.2, -0.15) is 13.2 Å². The van der Waals surface area contributed by atoms with E-state index in [1.807, 2.05) is 18.2 Å². The lowest BCUT2D eigenvalue weighted by molar-refractivity contribution is -0.137. The molecule has 0 aliphatic carbocycles. The van der Waals surface area contributed by atoms with Crippen molar-refractivity contribution < 1.29 is 26.7 Å². The highest BCUT2D eigenvalue weighted by atomic mass is 32.2. The van der Waals surface area contributed by atoms with E-state index in [1.54, 1.807) is 12.1 Å². The second-order valence-electron chi connectivity index (χ2n) is 7.87. The van der Waals surface area contributed by atoms with E-state index in [1.165, 1.54) is 54.4 Å². The van der Waals surface area contributed by atoms with Crippen molar-refractivity contribution in [2.24, 2.45) is 0 Å². The Morgan fingerprint density at radius 3 is 2.15 bits per heavy atom. The van der Waals surface area contributed by atoms with E-state index in [9.17, 15) is 26.7 Å². The van der Waals surface area contributed by atoms with Crippen LogP contribution in [0.4, 0.5) is 22.0 Å². The van der Waals surface area contributed by atoms with Gasteiger partial charge in [-0.3, -0.25) is 4.79 Å². The molecule has 9 heteroatoms. The van der Waals surface area contributed by atoms with Crippen molar-refractivity contribution in [3.63, 3.8) is 0 Å². The minimum atomic E-state index is -4.43. The van der Waals surface area contributed by atoms with Gasteiger partial charge in [0.2, 0.25) is 5.91 Å². The molecule has 0 fully saturated rings. The topological polar surface area (TPSA) is 32.3 Å². The van der Waals surface area contributed by atoms with Crippen molar-refractivity contribution >= 4 is 17.9 Å². The van der Waals surface area contributed by atoms with Crippen LogP contribution in [0.1, 0.15) is 25.0 Å². The second kappa shape index (κ2) is 11.0. The van der Waals surface area contributed by atoms with Crippen molar-refractivity contribution in [2.75, 3.05) is 6.54 Å². The zero-order valence-electron chi connectivity index (χ0n) is 18.5. The highest BCUT2D eigenvalue weighted by molar-refractivity contribution is 7.97. The molecule has 3 aromatic carbocycles. The molecule has 0 unspecified atom stereocenters. The number of rotatable bonds is 8. The average Bonchev–Trinajstić information content (AvgIpc) is 2.79. The monoisotopic (exact) mass is 494 g/mol. The predicted molar refractivity (Wildman–Crippen MR) is 123 cm³/mol. The number of alkyl halides is 3. The molecular weight excluding hydrogens is 471 g/mol. The first kappa shape index (κ1) is 25.7. The van der Waals surface area contributed by atoms with Crippen LogP contribution in [0.5, 0.6) is 0 Å². The summed E-state index contributed by atoms with van der Waals surface area (Å²) in [6.07, 6.45) is -4.43. The molecular formula is C25H23F5N2OS. The molecule has 180 valence electrons. The summed E-state index contributed by atoms with van der Waals surface area (Å²) in [6.45, 7) is 3.78. The van der Waals surface area contributed by atoms with Crippen molar-refractivity contribution in [1.82, 2.24) is 9.62 Å². The molecule has 3 aromatic rings. The van der Waals surface area contributed by atoms with Crippen LogP contribution in [0.15, 0.2) is 71.6 Å². The van der Waals surface area contributed by atoms with Crippen LogP contribution in [-0.4, -0.2) is 22.8 Å². The highest BCUT2D eigenvalue weighted by Gasteiger charge is 2.30. The lowest BCUT2D eigenvalue weighted by Gasteiger charge is -2.24. The van der Waals surface area contributed by atoms with E-state index in [4.69, 9.17) is 0 Å². The number of halogens is 5. The van der Waals surface area contributed by atoms with E-state index in [-0.39, 0.29) is 36.4 Å². The van der Waals surface area contributed by atoms with Gasteiger partial charge in [0.05, 0.1) is 12.1 Å². The summed E-state index contributed by atoms with van der Waals surface area (Å²) in [5.41, 5.74) is 0.490. The molecule has 0 aliphatic rings. The maximum atomic E-state index is 14.3. The summed E-state index contributed by atoms with van der Waals surface area (Å²) in [6, 6.07) is 14.7. The van der Waals surface area contributed by atoms with Gasteiger partial charge in [-0.25, -0.2) is 13.1 Å². The van der Waals surface area contributed by atoms with Gasteiger partial charge >= 0.3 is 6.18 Å². The van der Waals surface area contributed by atoms with Crippen LogP contribution < -0.4 is 5.32 Å². The molecule has 0 atom stereocenters. The molecule has 1 amide bonds. The maximum Gasteiger partial charge on any atom is 0.416 e. The summed E-state index contributed by atoms with van der Waals surface area (Å²) < 4.78 is 67.6. The number of carbonyl (C=O) groups is 1. The molecule has 0 aromatic heterocycles. The van der Waals surface area contributed by atoms with Crippen LogP contribution in [0.3, 0.4) is 0 Å². The molecule has 0 spiro atoms. The van der Waals surface area contributed by atoms with Crippen molar-refractivity contribution in [2.45, 2.75) is 37.5 Å². The van der Waals surface area contributed by atoms with Crippen LogP contribution in [0.2, 0.25) is 0 Å². The standard InChI is InChI=1S/C25H23F5N2OS/c1-16(2)32(34-22-10-8-21(26)9-11-22)15-24(33)31-14-19-13-18(5-12-23(19)27)17-3-6-20(7-4-17)25(28,29)30/h3-13,16H,14-15H2,1-2H3,(H,31,33). The van der Waals surface area contributed by atoms with E-state index < -0.39 is 17.6 Å². The zero-order chi connectivity index (χ0) is 24.9. The first-order valence-electron chi connectivity index (χ1n) is 10.5. The Bertz CT molecular complexity index is 1120. The number of hydrogen-bond donors (Lipinski definition) is 1. The summed E-state index contributed by atoms with van der Waals surface area (Å²) >= 11 is 1.31. The van der Waals surface area contributed by atoms with Gasteiger partial charge in [0, 0.05) is 23.0 Å². The summed E-state index contributed by atoms with van der Waals surface area (Å²) in [5.74, 6) is -1.21. The summed E-state index contributed by atoms with van der Waals surface area (Å²) in [5, 5.41) is 2.69. The van der Waals surface area contributed by atoms with Crippen molar-refractivity contribution in [1.29, 1.82) is 0 Å². The van der Waals surface area contributed by atoms with E-state index in [2.05, 4.69) is 5.32 Å². The first-order valence-corrected chi connectivity index (χ1v) is 11.2. The van der Waals surface area contributed by atoms with Crippen molar-refractivity contribution in [3.8, 4) is 11.1 Å². The lowest BCUT2D eigenvalue weighted by Crippen LogP contribution is -2.36. The SMILES string of the molecule is CC(C)N(CC(=O)NCc1cc(-c2ccc(C(F)(F)F)cc2)ccc1F)Sc1ccc(F)cc1. The first-order chi connectivity index (χ1) is 16.0. The van der Waals surface area contributed by atoms with Crippen LogP contribution in [0, 0.1) is 11.6 Å². The number of nitrogens with one attached hydrogen (secondary N) is 1. The Morgan fingerprint density at radius 1 is 0.941 bits per heavy atom. The molecule has 0 heterocycles. The lowest BCUT2D eigenvalue weighted by atomic mass is 10.0. The third-order valence-corrected chi connectivity index (χ3v) is 6.25. The summed E-state index contributed by atoms with van der Waals surface area (Å²) in [7, 11) is 0. The van der Waals surface area contributed by atoms with Crippen LogP contribution in [-0.2, 0) is 17.5 Å². The van der Waals surface area contributed by atoms with Gasteiger partial charge in [-0.1, -0.05) is 18.2 Å². The fraction of sp³-hybridized carbons (Fsp3) is 0.240. The fourth-order valence-corrected chi connectivity index (χ4v) is 4.00. The van der Waals surface area contributed by atoms with Crippen LogP contribution in [0.25, 0.3) is 11.1 Å².